The first-order chi connectivity index (χ1) is 11.1. The summed E-state index contributed by atoms with van der Waals surface area (Å²) < 4.78 is 7.46. The third-order valence-corrected chi connectivity index (χ3v) is 4.58. The Morgan fingerprint density at radius 3 is 3.09 bits per heavy atom. The lowest BCUT2D eigenvalue weighted by Gasteiger charge is -2.32. The molecule has 23 heavy (non-hydrogen) atoms. The fraction of sp³-hybridized carbons (Fsp3) is 0.562. The topological polar surface area (TPSA) is 60.2 Å². The number of carbonyl (C=O) groups is 1. The Kier molecular flexibility index (Phi) is 4.95. The van der Waals surface area contributed by atoms with Crippen molar-refractivity contribution in [2.45, 2.75) is 45.3 Å². The molecule has 7 heteroatoms. The van der Waals surface area contributed by atoms with Gasteiger partial charge in [0.15, 0.2) is 0 Å². The summed E-state index contributed by atoms with van der Waals surface area (Å²) in [5, 5.41) is 2.05. The van der Waals surface area contributed by atoms with Crippen molar-refractivity contribution in [2.75, 3.05) is 13.1 Å². The molecule has 124 valence electrons. The number of aromatic nitrogens is 3. The zero-order chi connectivity index (χ0) is 16.2. The van der Waals surface area contributed by atoms with Crippen LogP contribution in [0.1, 0.15) is 44.1 Å². The Bertz CT molecular complexity index is 638. The minimum absolute atomic E-state index is 0.0884. The zero-order valence-corrected chi connectivity index (χ0v) is 14.3. The number of nitrogens with zero attached hydrogens (tertiary/aromatic N) is 4. The van der Waals surface area contributed by atoms with Crippen molar-refractivity contribution in [1.29, 1.82) is 0 Å². The molecule has 6 nitrogen and oxygen atoms in total. The van der Waals surface area contributed by atoms with Crippen LogP contribution in [0, 0.1) is 0 Å². The molecule has 3 rings (SSSR count). The Morgan fingerprint density at radius 1 is 1.48 bits per heavy atom. The van der Waals surface area contributed by atoms with Crippen LogP contribution < -0.4 is 0 Å². The van der Waals surface area contributed by atoms with Crippen molar-refractivity contribution in [3.05, 3.63) is 34.8 Å². The van der Waals surface area contributed by atoms with Gasteiger partial charge in [0.1, 0.15) is 5.82 Å². The fourth-order valence-corrected chi connectivity index (χ4v) is 3.48. The molecule has 1 fully saturated rings. The summed E-state index contributed by atoms with van der Waals surface area (Å²) in [4.78, 5) is 22.8. The van der Waals surface area contributed by atoms with Crippen LogP contribution in [-0.4, -0.2) is 44.7 Å². The first-order valence-corrected chi connectivity index (χ1v) is 8.91. The second-order valence-corrected chi connectivity index (χ2v) is 6.83. The number of amides is 1. The fourth-order valence-electron chi connectivity index (χ4n) is 2.93. The first kappa shape index (κ1) is 16.0. The molecule has 0 spiro atoms. The van der Waals surface area contributed by atoms with E-state index in [1.807, 2.05) is 31.8 Å². The molecular formula is C16H22N4O2S. The van der Waals surface area contributed by atoms with Gasteiger partial charge in [-0.3, -0.25) is 0 Å². The van der Waals surface area contributed by atoms with Gasteiger partial charge in [0.05, 0.1) is 23.9 Å². The van der Waals surface area contributed by atoms with Gasteiger partial charge in [-0.1, -0.05) is 0 Å². The average molecular weight is 334 g/mol. The summed E-state index contributed by atoms with van der Waals surface area (Å²) in [6, 6.07) is 0. The third kappa shape index (κ3) is 3.90. The quantitative estimate of drug-likeness (QED) is 0.862. The van der Waals surface area contributed by atoms with Gasteiger partial charge < -0.3 is 14.2 Å². The summed E-state index contributed by atoms with van der Waals surface area (Å²) in [6.07, 6.45) is 5.52. The smallest absolute Gasteiger partial charge is 0.410 e. The van der Waals surface area contributed by atoms with Gasteiger partial charge in [-0.25, -0.2) is 14.8 Å². The molecule has 0 aliphatic carbocycles. The molecule has 0 saturated carbocycles. The van der Waals surface area contributed by atoms with Crippen molar-refractivity contribution in [3.8, 4) is 0 Å². The molecule has 1 unspecified atom stereocenters. The Balaban J connectivity index is 1.69. The van der Waals surface area contributed by atoms with Gasteiger partial charge >= 0.3 is 6.09 Å². The number of likely N-dealkylation sites (tertiary alicyclic amines) is 1. The SMILES string of the molecule is CC(C)OC(=O)N1CCCC(c2nccn2Cc2cscn2)C1. The number of imidazole rings is 1. The van der Waals surface area contributed by atoms with E-state index in [-0.39, 0.29) is 18.1 Å². The highest BCUT2D eigenvalue weighted by Gasteiger charge is 2.28. The lowest BCUT2D eigenvalue weighted by atomic mass is 9.97. The van der Waals surface area contributed by atoms with E-state index in [4.69, 9.17) is 4.74 Å². The largest absolute Gasteiger partial charge is 0.447 e. The van der Waals surface area contributed by atoms with Crippen LogP contribution in [0.4, 0.5) is 4.79 Å². The predicted molar refractivity (Wildman–Crippen MR) is 88.6 cm³/mol. The van der Waals surface area contributed by atoms with E-state index in [2.05, 4.69) is 19.9 Å². The minimum Gasteiger partial charge on any atom is -0.447 e. The second-order valence-electron chi connectivity index (χ2n) is 6.11. The van der Waals surface area contributed by atoms with E-state index in [0.29, 0.717) is 6.54 Å². The minimum atomic E-state index is -0.220. The van der Waals surface area contributed by atoms with Crippen molar-refractivity contribution < 1.29 is 9.53 Å². The summed E-state index contributed by atoms with van der Waals surface area (Å²) in [7, 11) is 0. The first-order valence-electron chi connectivity index (χ1n) is 7.97. The molecule has 3 heterocycles. The van der Waals surface area contributed by atoms with Crippen molar-refractivity contribution in [1.82, 2.24) is 19.4 Å². The number of piperidine rings is 1. The van der Waals surface area contributed by atoms with E-state index < -0.39 is 0 Å². The van der Waals surface area contributed by atoms with Gasteiger partial charge in [-0.05, 0) is 26.7 Å². The second kappa shape index (κ2) is 7.12. The highest BCUT2D eigenvalue weighted by Crippen LogP contribution is 2.26. The van der Waals surface area contributed by atoms with E-state index in [0.717, 1.165) is 37.4 Å². The Labute approximate surface area is 140 Å². The van der Waals surface area contributed by atoms with Crippen LogP contribution in [-0.2, 0) is 11.3 Å². The van der Waals surface area contributed by atoms with Crippen LogP contribution >= 0.6 is 11.3 Å². The number of ether oxygens (including phenoxy) is 1. The summed E-state index contributed by atoms with van der Waals surface area (Å²) in [5.74, 6) is 1.28. The van der Waals surface area contributed by atoms with Crippen LogP contribution in [0.5, 0.6) is 0 Å². The zero-order valence-electron chi connectivity index (χ0n) is 13.5. The van der Waals surface area contributed by atoms with Crippen molar-refractivity contribution >= 4 is 17.4 Å². The van der Waals surface area contributed by atoms with Crippen molar-refractivity contribution in [3.63, 3.8) is 0 Å². The molecule has 0 radical (unpaired) electrons. The molecular weight excluding hydrogens is 312 g/mol. The summed E-state index contributed by atoms with van der Waals surface area (Å²) >= 11 is 1.60. The number of hydrogen-bond acceptors (Lipinski definition) is 5. The summed E-state index contributed by atoms with van der Waals surface area (Å²) in [6.45, 7) is 5.90. The standard InChI is InChI=1S/C16H22N4O2S/c1-12(2)22-16(21)20-6-3-4-13(8-20)15-17-5-7-19(15)9-14-10-23-11-18-14/h5,7,10-13H,3-4,6,8-9H2,1-2H3. The molecule has 0 N–H and O–H groups in total. The van der Waals surface area contributed by atoms with Crippen LogP contribution in [0.3, 0.4) is 0 Å². The van der Waals surface area contributed by atoms with E-state index in [9.17, 15) is 4.79 Å². The number of thiazole rings is 1. The van der Waals surface area contributed by atoms with Gasteiger partial charge in [0.2, 0.25) is 0 Å². The Hall–Kier alpha value is -1.89. The van der Waals surface area contributed by atoms with Crippen LogP contribution in [0.2, 0.25) is 0 Å². The average Bonchev–Trinajstić information content (AvgIpc) is 3.19. The van der Waals surface area contributed by atoms with E-state index in [1.165, 1.54) is 0 Å². The monoisotopic (exact) mass is 334 g/mol. The maximum absolute atomic E-state index is 12.1. The lowest BCUT2D eigenvalue weighted by Crippen LogP contribution is -2.40. The van der Waals surface area contributed by atoms with Gasteiger partial charge in [0.25, 0.3) is 0 Å². The molecule has 1 aliphatic rings. The van der Waals surface area contributed by atoms with Gasteiger partial charge in [0, 0.05) is 36.8 Å². The van der Waals surface area contributed by atoms with Crippen molar-refractivity contribution in [2.24, 2.45) is 0 Å². The molecule has 1 saturated heterocycles. The van der Waals surface area contributed by atoms with E-state index >= 15 is 0 Å². The molecule has 0 bridgehead atoms. The highest BCUT2D eigenvalue weighted by atomic mass is 32.1. The number of rotatable bonds is 4. The Morgan fingerprint density at radius 2 is 2.35 bits per heavy atom. The number of carbonyl (C=O) groups excluding carboxylic acids is 1. The van der Waals surface area contributed by atoms with Gasteiger partial charge in [-0.15, -0.1) is 11.3 Å². The molecule has 2 aromatic heterocycles. The van der Waals surface area contributed by atoms with Crippen LogP contribution in [0.25, 0.3) is 0 Å². The summed E-state index contributed by atoms with van der Waals surface area (Å²) in [5.41, 5.74) is 2.89. The van der Waals surface area contributed by atoms with E-state index in [1.54, 1.807) is 16.2 Å². The number of hydrogen-bond donors (Lipinski definition) is 0. The van der Waals surface area contributed by atoms with Gasteiger partial charge in [-0.2, -0.15) is 0 Å². The molecule has 1 amide bonds. The van der Waals surface area contributed by atoms with Crippen LogP contribution in [0.15, 0.2) is 23.3 Å². The molecule has 1 aliphatic heterocycles. The third-order valence-electron chi connectivity index (χ3n) is 3.94. The molecule has 2 aromatic rings. The predicted octanol–water partition coefficient (Wildman–Crippen LogP) is 3.11. The molecule has 0 aromatic carbocycles. The maximum atomic E-state index is 12.1. The molecule has 1 atom stereocenters. The normalized spacial score (nSPS) is 18.4. The lowest BCUT2D eigenvalue weighted by molar-refractivity contribution is 0.0675. The highest BCUT2D eigenvalue weighted by molar-refractivity contribution is 7.07. The maximum Gasteiger partial charge on any atom is 0.410 e.